The summed E-state index contributed by atoms with van der Waals surface area (Å²) in [6.07, 6.45) is 2.11. The Labute approximate surface area is 154 Å². The maximum atomic E-state index is 12.8. The van der Waals surface area contributed by atoms with E-state index in [1.807, 2.05) is 18.2 Å². The monoisotopic (exact) mass is 369 g/mol. The lowest BCUT2D eigenvalue weighted by atomic mass is 10.1. The summed E-state index contributed by atoms with van der Waals surface area (Å²) >= 11 is 6.07. The van der Waals surface area contributed by atoms with Crippen molar-refractivity contribution in [1.29, 1.82) is 0 Å². The van der Waals surface area contributed by atoms with Gasteiger partial charge in [0.15, 0.2) is 0 Å². The number of piperazine rings is 1. The molecule has 2 saturated heterocycles. The number of nitrogens with one attached hydrogen (secondary N) is 1. The largest absolute Gasteiger partial charge is 0.341 e. The Morgan fingerprint density at radius 3 is 2.75 bits per heavy atom. The van der Waals surface area contributed by atoms with Crippen LogP contribution in [0.3, 0.4) is 0 Å². The highest BCUT2D eigenvalue weighted by Gasteiger charge is 2.47. The molecular formula is C18H25Cl2N3O. The topological polar surface area (TPSA) is 35.6 Å². The van der Waals surface area contributed by atoms with Crippen molar-refractivity contribution in [3.05, 3.63) is 34.9 Å². The van der Waals surface area contributed by atoms with Gasteiger partial charge >= 0.3 is 0 Å². The fourth-order valence-corrected chi connectivity index (χ4v) is 4.29. The molecule has 24 heavy (non-hydrogen) atoms. The summed E-state index contributed by atoms with van der Waals surface area (Å²) in [7, 11) is 0. The van der Waals surface area contributed by atoms with E-state index < -0.39 is 0 Å². The molecule has 4 nitrogen and oxygen atoms in total. The summed E-state index contributed by atoms with van der Waals surface area (Å²) in [6.45, 7) is 6.21. The Balaban J connectivity index is 0.00000169. The second-order valence-corrected chi connectivity index (χ2v) is 7.45. The maximum absolute atomic E-state index is 12.8. The van der Waals surface area contributed by atoms with Crippen LogP contribution in [-0.2, 0) is 4.79 Å². The van der Waals surface area contributed by atoms with E-state index in [0.717, 1.165) is 57.1 Å². The van der Waals surface area contributed by atoms with Crippen molar-refractivity contribution < 1.29 is 4.79 Å². The van der Waals surface area contributed by atoms with Crippen LogP contribution in [0.25, 0.3) is 0 Å². The van der Waals surface area contributed by atoms with Gasteiger partial charge in [0.25, 0.3) is 0 Å². The molecule has 4 rings (SSSR count). The summed E-state index contributed by atoms with van der Waals surface area (Å²) in [5.74, 6) is 0.905. The summed E-state index contributed by atoms with van der Waals surface area (Å²) in [6, 6.07) is 8.53. The zero-order valence-corrected chi connectivity index (χ0v) is 15.4. The number of rotatable bonds is 3. The van der Waals surface area contributed by atoms with Crippen molar-refractivity contribution in [3.8, 4) is 0 Å². The quantitative estimate of drug-likeness (QED) is 0.888. The van der Waals surface area contributed by atoms with Crippen molar-refractivity contribution in [2.24, 2.45) is 5.92 Å². The fraction of sp³-hybridized carbons (Fsp3) is 0.611. The first-order valence-corrected chi connectivity index (χ1v) is 9.09. The van der Waals surface area contributed by atoms with Crippen molar-refractivity contribution in [1.82, 2.24) is 15.1 Å². The van der Waals surface area contributed by atoms with Crippen LogP contribution in [0.15, 0.2) is 24.3 Å². The molecule has 0 bridgehead atoms. The molecule has 1 aromatic rings. The van der Waals surface area contributed by atoms with E-state index in [1.54, 1.807) is 0 Å². The first kappa shape index (κ1) is 18.0. The molecule has 1 aromatic carbocycles. The number of benzene rings is 1. The Hall–Kier alpha value is -0.810. The third-order valence-electron chi connectivity index (χ3n) is 5.53. The van der Waals surface area contributed by atoms with E-state index in [2.05, 4.69) is 21.2 Å². The number of hydrogen-bond acceptors (Lipinski definition) is 3. The minimum Gasteiger partial charge on any atom is -0.341 e. The van der Waals surface area contributed by atoms with Crippen molar-refractivity contribution in [2.75, 3.05) is 39.3 Å². The van der Waals surface area contributed by atoms with Gasteiger partial charge in [0.05, 0.1) is 0 Å². The molecule has 0 spiro atoms. The van der Waals surface area contributed by atoms with Gasteiger partial charge in [-0.05, 0) is 36.5 Å². The number of nitrogens with zero attached hydrogens (tertiary/aromatic N) is 2. The minimum atomic E-state index is 0. The third-order valence-corrected chi connectivity index (χ3v) is 5.76. The van der Waals surface area contributed by atoms with Crippen LogP contribution >= 0.6 is 24.0 Å². The number of carbonyl (C=O) groups is 1. The molecule has 132 valence electrons. The molecule has 3 fully saturated rings. The summed E-state index contributed by atoms with van der Waals surface area (Å²) in [4.78, 5) is 17.4. The SMILES string of the molecule is Cl.O=C(C1CC1c1cccc(Cl)c1)N1CCC(N2CCNCC2)C1. The second kappa shape index (κ2) is 7.61. The summed E-state index contributed by atoms with van der Waals surface area (Å²) in [5, 5.41) is 4.16. The number of halogens is 2. The molecule has 1 N–H and O–H groups in total. The lowest BCUT2D eigenvalue weighted by molar-refractivity contribution is -0.131. The van der Waals surface area contributed by atoms with Gasteiger partial charge in [0.2, 0.25) is 5.91 Å². The highest BCUT2D eigenvalue weighted by molar-refractivity contribution is 6.30. The van der Waals surface area contributed by atoms with E-state index >= 15 is 0 Å². The zero-order valence-electron chi connectivity index (χ0n) is 13.8. The smallest absolute Gasteiger partial charge is 0.226 e. The van der Waals surface area contributed by atoms with Crippen molar-refractivity contribution in [3.63, 3.8) is 0 Å². The summed E-state index contributed by atoms with van der Waals surface area (Å²) in [5.41, 5.74) is 1.22. The van der Waals surface area contributed by atoms with Gasteiger partial charge in [-0.2, -0.15) is 0 Å². The maximum Gasteiger partial charge on any atom is 0.226 e. The van der Waals surface area contributed by atoms with Gasteiger partial charge < -0.3 is 10.2 Å². The summed E-state index contributed by atoms with van der Waals surface area (Å²) < 4.78 is 0. The average molecular weight is 370 g/mol. The molecular weight excluding hydrogens is 345 g/mol. The van der Waals surface area contributed by atoms with E-state index in [1.165, 1.54) is 5.56 Å². The first-order valence-electron chi connectivity index (χ1n) is 8.71. The molecule has 1 amide bonds. The first-order chi connectivity index (χ1) is 11.2. The Kier molecular flexibility index (Phi) is 5.70. The molecule has 3 unspecified atom stereocenters. The van der Waals surface area contributed by atoms with Gasteiger partial charge in [-0.25, -0.2) is 0 Å². The van der Waals surface area contributed by atoms with Crippen LogP contribution in [0, 0.1) is 5.92 Å². The lowest BCUT2D eigenvalue weighted by Crippen LogP contribution is -2.49. The number of likely N-dealkylation sites (tertiary alicyclic amines) is 1. The van der Waals surface area contributed by atoms with Gasteiger partial charge in [0, 0.05) is 56.3 Å². The minimum absolute atomic E-state index is 0. The van der Waals surface area contributed by atoms with Crippen LogP contribution in [-0.4, -0.2) is 61.0 Å². The van der Waals surface area contributed by atoms with Crippen molar-refractivity contribution >= 4 is 29.9 Å². The molecule has 1 saturated carbocycles. The van der Waals surface area contributed by atoms with Gasteiger partial charge in [-0.15, -0.1) is 12.4 Å². The highest BCUT2D eigenvalue weighted by atomic mass is 35.5. The number of hydrogen-bond donors (Lipinski definition) is 1. The Morgan fingerprint density at radius 2 is 2.00 bits per heavy atom. The van der Waals surface area contributed by atoms with Crippen LogP contribution in [0.1, 0.15) is 24.3 Å². The van der Waals surface area contributed by atoms with E-state index in [9.17, 15) is 4.79 Å². The molecule has 2 heterocycles. The van der Waals surface area contributed by atoms with Gasteiger partial charge in [-0.1, -0.05) is 23.7 Å². The van der Waals surface area contributed by atoms with Crippen molar-refractivity contribution in [2.45, 2.75) is 24.8 Å². The molecule has 3 aliphatic rings. The second-order valence-electron chi connectivity index (χ2n) is 7.02. The van der Waals surface area contributed by atoms with Gasteiger partial charge in [-0.3, -0.25) is 9.69 Å². The van der Waals surface area contributed by atoms with Crippen LogP contribution in [0.5, 0.6) is 0 Å². The standard InChI is InChI=1S/C18H24ClN3O.ClH/c19-14-3-1-2-13(10-14)16-11-17(16)18(23)22-7-4-15(12-22)21-8-5-20-6-9-21;/h1-3,10,15-17,20H,4-9,11-12H2;1H. The van der Waals surface area contributed by atoms with Crippen LogP contribution in [0.4, 0.5) is 0 Å². The fourth-order valence-electron chi connectivity index (χ4n) is 4.10. The molecule has 0 radical (unpaired) electrons. The number of amides is 1. The van der Waals surface area contributed by atoms with Crippen LogP contribution in [0.2, 0.25) is 5.02 Å². The van der Waals surface area contributed by atoms with E-state index in [4.69, 9.17) is 11.6 Å². The third kappa shape index (κ3) is 3.72. The van der Waals surface area contributed by atoms with Gasteiger partial charge in [0.1, 0.15) is 0 Å². The molecule has 0 aromatic heterocycles. The Bertz CT molecular complexity index is 591. The van der Waals surface area contributed by atoms with E-state index in [-0.39, 0.29) is 18.3 Å². The molecule has 2 aliphatic heterocycles. The lowest BCUT2D eigenvalue weighted by Gasteiger charge is -2.32. The molecule has 3 atom stereocenters. The molecule has 6 heteroatoms. The van der Waals surface area contributed by atoms with Crippen LogP contribution < -0.4 is 5.32 Å². The molecule has 1 aliphatic carbocycles. The number of carbonyl (C=O) groups excluding carboxylic acids is 1. The Morgan fingerprint density at radius 1 is 1.21 bits per heavy atom. The highest BCUT2D eigenvalue weighted by Crippen LogP contribution is 2.49. The zero-order chi connectivity index (χ0) is 15.8. The predicted octanol–water partition coefficient (Wildman–Crippen LogP) is 2.37. The van der Waals surface area contributed by atoms with E-state index in [0.29, 0.717) is 17.9 Å². The average Bonchev–Trinajstić information content (AvgIpc) is 3.23. The normalized spacial score (nSPS) is 30.0. The predicted molar refractivity (Wildman–Crippen MR) is 99.0 cm³/mol.